The van der Waals surface area contributed by atoms with Crippen LogP contribution in [0.1, 0.15) is 51.5 Å². The third kappa shape index (κ3) is 4.19. The maximum absolute atomic E-state index is 13.0. The van der Waals surface area contributed by atoms with Crippen LogP contribution in [0.4, 0.5) is 0 Å². The summed E-state index contributed by atoms with van der Waals surface area (Å²) in [4.78, 5) is 13.0. The van der Waals surface area contributed by atoms with E-state index in [0.29, 0.717) is 44.3 Å². The Balaban J connectivity index is 1.25. The molecular formula is C26H37NO7. The molecule has 1 saturated heterocycles. The van der Waals surface area contributed by atoms with Crippen molar-refractivity contribution in [3.63, 3.8) is 0 Å². The second-order valence-electron chi connectivity index (χ2n) is 10.8. The van der Waals surface area contributed by atoms with E-state index in [-0.39, 0.29) is 41.8 Å². The molecule has 2 aliphatic heterocycles. The summed E-state index contributed by atoms with van der Waals surface area (Å²) in [6.07, 6.45) is 3.06. The Bertz CT molecular complexity index is 909. The smallest absolute Gasteiger partial charge is 0.231 e. The average Bonchev–Trinajstić information content (AvgIpc) is 3.28. The Morgan fingerprint density at radius 3 is 2.82 bits per heavy atom. The first-order chi connectivity index (χ1) is 16.3. The summed E-state index contributed by atoms with van der Waals surface area (Å²) in [7, 11) is 1.66. The van der Waals surface area contributed by atoms with Gasteiger partial charge >= 0.3 is 0 Å². The van der Waals surface area contributed by atoms with Gasteiger partial charge in [-0.25, -0.2) is 0 Å². The van der Waals surface area contributed by atoms with Crippen LogP contribution < -0.4 is 14.8 Å². The van der Waals surface area contributed by atoms with E-state index >= 15 is 0 Å². The summed E-state index contributed by atoms with van der Waals surface area (Å²) in [6, 6.07) is 5.70. The van der Waals surface area contributed by atoms with E-state index < -0.39 is 6.10 Å². The Labute approximate surface area is 201 Å². The van der Waals surface area contributed by atoms with E-state index in [1.54, 1.807) is 7.11 Å². The molecule has 2 heterocycles. The Kier molecular flexibility index (Phi) is 6.52. The van der Waals surface area contributed by atoms with E-state index in [0.717, 1.165) is 30.6 Å². The van der Waals surface area contributed by atoms with Gasteiger partial charge < -0.3 is 34.1 Å². The first-order valence-electron chi connectivity index (χ1n) is 12.4. The third-order valence-corrected chi connectivity index (χ3v) is 8.87. The Morgan fingerprint density at radius 1 is 1.18 bits per heavy atom. The fourth-order valence-corrected chi connectivity index (χ4v) is 7.03. The van der Waals surface area contributed by atoms with Gasteiger partial charge in [-0.3, -0.25) is 4.79 Å². The summed E-state index contributed by atoms with van der Waals surface area (Å²) in [5.41, 5.74) is 0.666. The lowest BCUT2D eigenvalue weighted by atomic mass is 9.46. The highest BCUT2D eigenvalue weighted by Crippen LogP contribution is 2.62. The van der Waals surface area contributed by atoms with Crippen molar-refractivity contribution < 1.29 is 33.6 Å². The number of aliphatic hydroxyl groups excluding tert-OH is 1. The topological polar surface area (TPSA) is 95.5 Å². The number of rotatable bonds is 6. The van der Waals surface area contributed by atoms with E-state index in [4.69, 9.17) is 23.7 Å². The van der Waals surface area contributed by atoms with Crippen molar-refractivity contribution in [3.05, 3.63) is 23.8 Å². The van der Waals surface area contributed by atoms with Gasteiger partial charge in [0, 0.05) is 25.5 Å². The highest BCUT2D eigenvalue weighted by Gasteiger charge is 2.61. The Morgan fingerprint density at radius 2 is 2.00 bits per heavy atom. The van der Waals surface area contributed by atoms with Crippen LogP contribution in [0.15, 0.2) is 18.2 Å². The maximum atomic E-state index is 13.0. The van der Waals surface area contributed by atoms with Crippen LogP contribution in [-0.2, 0) is 25.5 Å². The van der Waals surface area contributed by atoms with Crippen LogP contribution in [0.3, 0.4) is 0 Å². The summed E-state index contributed by atoms with van der Waals surface area (Å²) in [5, 5.41) is 14.1. The minimum Gasteiger partial charge on any atom is -0.454 e. The standard InChI is InChI=1S/C26H37NO7/c1-25-9-8-22-26(2,14-31-24(34-22)13-30-3)21(25)7-5-18(28)17(25)11-23(29)27-12-16-4-6-19-20(10-16)33-15-32-19/h4,6,10,17-18,21-22,24,28H,5,7-9,11-15H2,1-3H3,(H,27,29)/t17-,18-,21+,22-,24-,25+,26+/m1/s1. The molecule has 0 aromatic heterocycles. The molecular weight excluding hydrogens is 438 g/mol. The molecule has 1 aromatic carbocycles. The fraction of sp³-hybridized carbons (Fsp3) is 0.731. The van der Waals surface area contributed by atoms with Gasteiger partial charge in [-0.15, -0.1) is 0 Å². The molecule has 0 unspecified atom stereocenters. The number of hydrogen-bond acceptors (Lipinski definition) is 7. The number of hydrogen-bond donors (Lipinski definition) is 2. The average molecular weight is 476 g/mol. The zero-order valence-corrected chi connectivity index (χ0v) is 20.4. The molecule has 1 amide bonds. The first kappa shape index (κ1) is 23.9. The highest BCUT2D eigenvalue weighted by atomic mass is 16.7. The third-order valence-electron chi connectivity index (χ3n) is 8.87. The van der Waals surface area contributed by atoms with Crippen molar-refractivity contribution >= 4 is 5.91 Å². The minimum absolute atomic E-state index is 0.0350. The molecule has 34 heavy (non-hydrogen) atoms. The van der Waals surface area contributed by atoms with Crippen molar-refractivity contribution in [2.24, 2.45) is 22.7 Å². The van der Waals surface area contributed by atoms with Gasteiger partial charge in [-0.2, -0.15) is 0 Å². The van der Waals surface area contributed by atoms with Crippen molar-refractivity contribution in [2.75, 3.05) is 27.1 Å². The SMILES string of the molecule is COC[C@@H]1OC[C@@]2(C)[C@H]3CC[C@@H](O)[C@@H](CC(=O)NCc4ccc5c(c4)OCO5)[C@]3(C)CC[C@H]2O1. The molecule has 2 N–H and O–H groups in total. The number of ether oxygens (including phenoxy) is 5. The normalized spacial score (nSPS) is 38.6. The number of carbonyl (C=O) groups excluding carboxylic acids is 1. The van der Waals surface area contributed by atoms with E-state index in [2.05, 4.69) is 19.2 Å². The van der Waals surface area contributed by atoms with Gasteiger partial charge in [0.2, 0.25) is 12.7 Å². The molecule has 0 radical (unpaired) electrons. The molecule has 2 saturated carbocycles. The quantitative estimate of drug-likeness (QED) is 0.653. The lowest BCUT2D eigenvalue weighted by Gasteiger charge is -2.62. The van der Waals surface area contributed by atoms with E-state index in [9.17, 15) is 9.90 Å². The summed E-state index contributed by atoms with van der Waals surface area (Å²) >= 11 is 0. The number of nitrogens with one attached hydrogen (secondary N) is 1. The number of aliphatic hydroxyl groups is 1. The summed E-state index contributed by atoms with van der Waals surface area (Å²) in [5.74, 6) is 1.62. The molecule has 3 fully saturated rings. The van der Waals surface area contributed by atoms with Crippen molar-refractivity contribution in [3.8, 4) is 11.5 Å². The second-order valence-corrected chi connectivity index (χ2v) is 10.8. The van der Waals surface area contributed by atoms with Crippen LogP contribution in [0.2, 0.25) is 0 Å². The van der Waals surface area contributed by atoms with Crippen molar-refractivity contribution in [1.82, 2.24) is 5.32 Å². The van der Waals surface area contributed by atoms with Crippen LogP contribution in [0.5, 0.6) is 11.5 Å². The predicted molar refractivity (Wildman–Crippen MR) is 123 cm³/mol. The number of carbonyl (C=O) groups is 1. The van der Waals surface area contributed by atoms with Gasteiger partial charge in [0.05, 0.1) is 25.4 Å². The molecule has 8 heteroatoms. The molecule has 0 bridgehead atoms. The largest absolute Gasteiger partial charge is 0.454 e. The minimum atomic E-state index is -0.482. The first-order valence-corrected chi connectivity index (χ1v) is 12.4. The number of methoxy groups -OCH3 is 1. The maximum Gasteiger partial charge on any atom is 0.231 e. The van der Waals surface area contributed by atoms with Crippen LogP contribution in [-0.4, -0.2) is 56.6 Å². The molecule has 0 spiro atoms. The van der Waals surface area contributed by atoms with E-state index in [1.165, 1.54) is 0 Å². The molecule has 2 aliphatic carbocycles. The van der Waals surface area contributed by atoms with Gasteiger partial charge in [0.1, 0.15) is 0 Å². The predicted octanol–water partition coefficient (Wildman–Crippen LogP) is 3.00. The Hall–Kier alpha value is -1.87. The lowest BCUT2D eigenvalue weighted by Crippen LogP contribution is -2.63. The van der Waals surface area contributed by atoms with Gasteiger partial charge in [-0.05, 0) is 60.6 Å². The molecule has 5 rings (SSSR count). The number of amides is 1. The van der Waals surface area contributed by atoms with Crippen molar-refractivity contribution in [1.29, 1.82) is 0 Å². The molecule has 8 nitrogen and oxygen atoms in total. The number of benzene rings is 1. The van der Waals surface area contributed by atoms with Crippen LogP contribution in [0.25, 0.3) is 0 Å². The van der Waals surface area contributed by atoms with Crippen LogP contribution >= 0.6 is 0 Å². The second kappa shape index (κ2) is 9.30. The lowest BCUT2D eigenvalue weighted by molar-refractivity contribution is -0.315. The summed E-state index contributed by atoms with van der Waals surface area (Å²) in [6.45, 7) is 6.22. The van der Waals surface area contributed by atoms with Crippen LogP contribution in [0, 0.1) is 22.7 Å². The fourth-order valence-electron chi connectivity index (χ4n) is 7.03. The van der Waals surface area contributed by atoms with Gasteiger partial charge in [-0.1, -0.05) is 19.9 Å². The monoisotopic (exact) mass is 475 g/mol. The molecule has 1 aromatic rings. The molecule has 188 valence electrons. The van der Waals surface area contributed by atoms with Gasteiger partial charge in [0.25, 0.3) is 0 Å². The zero-order chi connectivity index (χ0) is 23.9. The molecule has 7 atom stereocenters. The highest BCUT2D eigenvalue weighted by molar-refractivity contribution is 5.76. The number of fused-ring (bicyclic) bond motifs is 4. The van der Waals surface area contributed by atoms with Crippen molar-refractivity contribution in [2.45, 2.75) is 71.0 Å². The molecule has 4 aliphatic rings. The van der Waals surface area contributed by atoms with Gasteiger partial charge in [0.15, 0.2) is 17.8 Å². The summed E-state index contributed by atoms with van der Waals surface area (Å²) < 4.78 is 28.3. The zero-order valence-electron chi connectivity index (χ0n) is 20.4. The van der Waals surface area contributed by atoms with E-state index in [1.807, 2.05) is 18.2 Å².